The predicted molar refractivity (Wildman–Crippen MR) is 264 cm³/mol. The highest BCUT2D eigenvalue weighted by molar-refractivity contribution is 6.05. The summed E-state index contributed by atoms with van der Waals surface area (Å²) in [5.74, 6) is 0. The van der Waals surface area contributed by atoms with E-state index in [1.54, 1.807) is 0 Å². The molecule has 2 aliphatic carbocycles. The van der Waals surface area contributed by atoms with Gasteiger partial charge in [0.1, 0.15) is 0 Å². The monoisotopic (exact) mass is 838 g/mol. The van der Waals surface area contributed by atoms with E-state index in [0.717, 1.165) is 65.6 Å². The number of fused-ring (bicyclic) bond motifs is 7. The summed E-state index contributed by atoms with van der Waals surface area (Å²) in [6, 6.07) is -12.4. The molecule has 1 unspecified atom stereocenters. The summed E-state index contributed by atoms with van der Waals surface area (Å²) in [5, 5.41) is -0.806. The second-order valence-electron chi connectivity index (χ2n) is 14.6. The molecule has 0 fully saturated rings. The van der Waals surface area contributed by atoms with E-state index in [1.165, 1.54) is 6.07 Å². The van der Waals surface area contributed by atoms with Crippen molar-refractivity contribution in [2.24, 2.45) is 0 Å². The van der Waals surface area contributed by atoms with E-state index in [1.807, 2.05) is 0 Å². The smallest absolute Gasteiger partial charge is 0.0713 e. The van der Waals surface area contributed by atoms with E-state index in [9.17, 15) is 19.2 Å². The van der Waals surface area contributed by atoms with Gasteiger partial charge in [-0.3, -0.25) is 0 Å². The molecule has 0 saturated heterocycles. The Kier molecular flexibility index (Phi) is 3.71. The van der Waals surface area contributed by atoms with Gasteiger partial charge in [0.2, 0.25) is 0 Å². The van der Waals surface area contributed by atoms with Crippen molar-refractivity contribution in [1.29, 1.82) is 0 Å². The summed E-state index contributed by atoms with van der Waals surface area (Å²) in [6.45, 7) is -7.57. The van der Waals surface area contributed by atoms with Crippen LogP contribution in [-0.2, 0) is 10.8 Å². The Balaban J connectivity index is 1.28. The van der Waals surface area contributed by atoms with Crippen molar-refractivity contribution in [1.82, 2.24) is 0 Å². The van der Waals surface area contributed by atoms with Crippen LogP contribution in [0.4, 0.5) is 17.1 Å². The lowest BCUT2D eigenvalue weighted by Crippen LogP contribution is -2.28. The lowest BCUT2D eigenvalue weighted by atomic mass is 9.67. The summed E-state index contributed by atoms with van der Waals surface area (Å²) in [7, 11) is 0. The van der Waals surface area contributed by atoms with E-state index in [2.05, 4.69) is 0 Å². The first-order valence-corrected chi connectivity index (χ1v) is 19.3. The number of anilines is 3. The summed E-state index contributed by atoms with van der Waals surface area (Å²) < 4.78 is 313. The Morgan fingerprint density at radius 1 is 0.413 bits per heavy atom. The normalized spacial score (nSPS) is 23.4. The average Bonchev–Trinajstić information content (AvgIpc) is 1.53. The lowest BCUT2D eigenvalue weighted by Gasteiger charge is -2.34. The van der Waals surface area contributed by atoms with Crippen LogP contribution in [-0.4, -0.2) is 0 Å². The zero-order valence-corrected chi connectivity index (χ0v) is 32.3. The van der Waals surface area contributed by atoms with E-state index >= 15 is 0 Å². The lowest BCUT2D eigenvalue weighted by molar-refractivity contribution is 0.660. The van der Waals surface area contributed by atoms with Gasteiger partial charge in [-0.15, -0.1) is 0 Å². The molecule has 2 aliphatic rings. The van der Waals surface area contributed by atoms with Crippen molar-refractivity contribution in [2.75, 3.05) is 4.90 Å². The molecular formula is C62H45N. The first-order chi connectivity index (χ1) is 45.0. The van der Waals surface area contributed by atoms with Crippen molar-refractivity contribution >= 4 is 27.8 Å². The first kappa shape index (κ1) is 16.2. The average molecular weight is 838 g/mol. The fraction of sp³-hybridized carbons (Fsp3) is 0.0645. The Morgan fingerprint density at radius 3 is 2.02 bits per heavy atom. The van der Waals surface area contributed by atoms with Crippen LogP contribution in [0.1, 0.15) is 93.7 Å². The molecule has 12 rings (SSSR count). The van der Waals surface area contributed by atoms with Crippen molar-refractivity contribution in [2.45, 2.75) is 24.5 Å². The second kappa shape index (κ2) is 14.4. The van der Waals surface area contributed by atoms with Crippen LogP contribution >= 0.6 is 0 Å². The molecule has 0 amide bonds. The minimum Gasteiger partial charge on any atom is -0.310 e. The molecule has 1 nitrogen and oxygen atoms in total. The largest absolute Gasteiger partial charge is 0.310 e. The van der Waals surface area contributed by atoms with Gasteiger partial charge in [-0.05, 0) is 119 Å². The number of hydrogen-bond acceptors (Lipinski definition) is 1. The van der Waals surface area contributed by atoms with E-state index < -0.39 is 266 Å². The first-order valence-electron chi connectivity index (χ1n) is 36.3. The quantitative estimate of drug-likeness (QED) is 0.155. The van der Waals surface area contributed by atoms with Crippen molar-refractivity contribution < 1.29 is 46.6 Å². The van der Waals surface area contributed by atoms with Crippen LogP contribution in [0.5, 0.6) is 0 Å². The van der Waals surface area contributed by atoms with Gasteiger partial charge in [0.25, 0.3) is 0 Å². The van der Waals surface area contributed by atoms with Crippen LogP contribution in [0.2, 0.25) is 0 Å². The van der Waals surface area contributed by atoms with Crippen LogP contribution in [0, 0.1) is 0 Å². The van der Waals surface area contributed by atoms with Crippen molar-refractivity contribution in [3.05, 3.63) is 269 Å². The molecule has 0 saturated carbocycles. The highest BCUT2D eigenvalue weighted by Gasteiger charge is 2.46. The Labute approximate surface area is 418 Å². The molecule has 0 radical (unpaired) electrons. The Bertz CT molecular complexity index is 5200. The number of benzene rings is 10. The highest BCUT2D eigenvalue weighted by Crippen LogP contribution is 2.58. The van der Waals surface area contributed by atoms with E-state index in [0.29, 0.717) is 0 Å². The van der Waals surface area contributed by atoms with Gasteiger partial charge < -0.3 is 4.90 Å². The van der Waals surface area contributed by atoms with Crippen LogP contribution in [0.15, 0.2) is 236 Å². The number of nitrogens with zero attached hydrogens (tertiary/aromatic N) is 1. The third-order valence-electron chi connectivity index (χ3n) is 11.4. The Hall–Kier alpha value is -7.74. The highest BCUT2D eigenvalue weighted by atomic mass is 15.1. The van der Waals surface area contributed by atoms with Gasteiger partial charge >= 0.3 is 0 Å². The molecule has 63 heavy (non-hydrogen) atoms. The molecule has 10 aromatic rings. The predicted octanol–water partition coefficient (Wildman–Crippen LogP) is 16.3. The molecule has 0 bridgehead atoms. The molecule has 298 valence electrons. The third kappa shape index (κ3) is 5.56. The van der Waals surface area contributed by atoms with E-state index in [4.69, 9.17) is 27.4 Å². The standard InChI is InChI=1S/C62H45N/c1-61(2)54-32-16-15-31-53(54)60-56(61)34-19-35-58(60)63(47-26-10-5-11-27-47)48-28-18-21-43(40-48)50-38-36-42-20-12-13-29-49(42)59(50)44-37-39-52-51-30-14-17-33-55(51)62(57(52)41-44,45-22-6-3-7-23-45)46-24-8-4-9-25-46/h3-41H,1-2H3/i1D3,2D3,3D,4D,6D,7D,8D,9D,10D,11D,12D,13D,14D,15D,16D,17D,18D,19D,20D,22D,23D,24D,30D,32D,33D,34D,35D,36D,38D,39D. The number of hydrogen-bond donors (Lipinski definition) is 0. The second-order valence-corrected chi connectivity index (χ2v) is 14.6. The van der Waals surface area contributed by atoms with Crippen LogP contribution in [0.25, 0.3) is 55.3 Å². The minimum atomic E-state index is -3.79. The maximum Gasteiger partial charge on any atom is 0.0713 e. The molecule has 0 heterocycles. The van der Waals surface area contributed by atoms with E-state index in [-0.39, 0.29) is 33.5 Å². The summed E-state index contributed by atoms with van der Waals surface area (Å²) >= 11 is 0. The van der Waals surface area contributed by atoms with Gasteiger partial charge in [0.05, 0.1) is 49.5 Å². The topological polar surface area (TPSA) is 3.24 Å². The SMILES string of the molecule is [2H]c1cc([2H])cc(N(c2cc([2H])cc(-c3c([2H])c([2H])c4c([2H])c([2H])c([2H])cc4c3-c3cc([2H])c4c(c3)C(c3cc([2H])c([2H])c([2H])c3[2H])(c3c([2H])c([2H])c([2H])c([2H])c3[2H])c3c([2H])c([2H])c([2H])c([2H])c3-4)c2)c2c([2H])c([2H])c([2H])c3c2-c2cc([2H])c([2H])c([2H])c2C3(C([2H])([2H])[2H])C([2H])([2H])[2H])c1. The summed E-state index contributed by atoms with van der Waals surface area (Å²) in [5.41, 5.74) is -15.9. The zero-order valence-electron chi connectivity index (χ0n) is 66.3. The molecule has 0 aliphatic heterocycles. The molecule has 1 atom stereocenters. The summed E-state index contributed by atoms with van der Waals surface area (Å²) in [4.78, 5) is 1.00. The number of para-hydroxylation sites is 1. The maximum atomic E-state index is 10.1. The molecular weight excluding hydrogens is 759 g/mol. The Morgan fingerprint density at radius 2 is 1.13 bits per heavy atom. The van der Waals surface area contributed by atoms with Crippen LogP contribution < -0.4 is 4.90 Å². The van der Waals surface area contributed by atoms with Crippen molar-refractivity contribution in [3.8, 4) is 44.5 Å². The van der Waals surface area contributed by atoms with Gasteiger partial charge in [-0.25, -0.2) is 0 Å². The zero-order chi connectivity index (χ0) is 71.5. The van der Waals surface area contributed by atoms with Gasteiger partial charge in [-0.2, -0.15) is 0 Å². The molecule has 10 aromatic carbocycles. The molecule has 0 aromatic heterocycles. The van der Waals surface area contributed by atoms with Crippen molar-refractivity contribution in [3.63, 3.8) is 0 Å². The molecule has 0 N–H and O–H groups in total. The fourth-order valence-electron chi connectivity index (χ4n) is 8.82. The minimum absolute atomic E-state index is 0.307. The third-order valence-corrected chi connectivity index (χ3v) is 11.4. The van der Waals surface area contributed by atoms with Crippen LogP contribution in [0.3, 0.4) is 0 Å². The molecule has 0 spiro atoms. The van der Waals surface area contributed by atoms with Gasteiger partial charge in [-0.1, -0.05) is 213 Å². The van der Waals surface area contributed by atoms with Gasteiger partial charge in [0, 0.05) is 30.6 Å². The fourth-order valence-corrected chi connectivity index (χ4v) is 8.82. The summed E-state index contributed by atoms with van der Waals surface area (Å²) in [6.07, 6.45) is 0. The number of rotatable bonds is 7. The molecule has 1 heteroatoms. The van der Waals surface area contributed by atoms with Gasteiger partial charge in [0.15, 0.2) is 0 Å². The maximum absolute atomic E-state index is 10.1.